The van der Waals surface area contributed by atoms with E-state index in [0.717, 1.165) is 61.0 Å². The predicted octanol–water partition coefficient (Wildman–Crippen LogP) is 16.5. The van der Waals surface area contributed by atoms with Crippen LogP contribution in [0.5, 0.6) is 0 Å². The van der Waals surface area contributed by atoms with E-state index in [-0.39, 0.29) is 0 Å². The summed E-state index contributed by atoms with van der Waals surface area (Å²) in [6.45, 7) is 0. The number of aromatic nitrogens is 3. The molecular formula is C62H39N3. The van der Waals surface area contributed by atoms with Gasteiger partial charge in [0.15, 0.2) is 0 Å². The maximum Gasteiger partial charge on any atom is 0.0979 e. The first kappa shape index (κ1) is 36.9. The van der Waals surface area contributed by atoms with Crippen molar-refractivity contribution in [3.8, 4) is 61.5 Å². The van der Waals surface area contributed by atoms with Gasteiger partial charge in [-0.05, 0) is 115 Å². The standard InChI is InChI=1S/C62H39N3/c1-2-13-43-34-48(31-30-40(43)12-1)41-26-28-42(29-27-41)49-32-33-60-57(38-49)54-22-7-8-25-59(54)65(60)51-19-11-17-47(37-51)45-15-9-14-44(35-45)46-16-10-18-50(36-46)58-39-63-61-55-23-5-3-20-52(55)53-21-4-6-24-56(53)62(61)64-58/h1-39H. The third-order valence-electron chi connectivity index (χ3n) is 13.2. The average molecular weight is 826 g/mol. The summed E-state index contributed by atoms with van der Waals surface area (Å²) in [4.78, 5) is 10.3. The van der Waals surface area contributed by atoms with Gasteiger partial charge in [0, 0.05) is 32.8 Å². The van der Waals surface area contributed by atoms with Crippen LogP contribution in [0, 0.1) is 0 Å². The van der Waals surface area contributed by atoms with E-state index < -0.39 is 0 Å². The molecule has 13 rings (SSSR count). The van der Waals surface area contributed by atoms with Crippen LogP contribution in [0.4, 0.5) is 0 Å². The molecule has 3 nitrogen and oxygen atoms in total. The molecule has 0 bridgehead atoms. The highest BCUT2D eigenvalue weighted by molar-refractivity contribution is 6.23. The molecule has 302 valence electrons. The molecule has 3 heteroatoms. The number of fused-ring (bicyclic) bond motifs is 10. The second kappa shape index (κ2) is 15.0. The third-order valence-corrected chi connectivity index (χ3v) is 13.2. The highest BCUT2D eigenvalue weighted by atomic mass is 15.0. The molecule has 65 heavy (non-hydrogen) atoms. The maximum atomic E-state index is 5.28. The molecule has 0 aliphatic carbocycles. The SMILES string of the molecule is c1cc(-c2cccc(-c3cnc4c5ccccc5c5ccccc5c4n3)c2)cc(-c2cccc(-n3c4ccccc4c4cc(-c5ccc(-c6ccc7ccccc7c6)cc5)ccc43)c2)c1. The Bertz CT molecular complexity index is 3970. The first-order chi connectivity index (χ1) is 32.2. The minimum absolute atomic E-state index is 0.858. The molecule has 0 radical (unpaired) electrons. The fourth-order valence-electron chi connectivity index (χ4n) is 9.98. The minimum Gasteiger partial charge on any atom is -0.309 e. The van der Waals surface area contributed by atoms with Crippen molar-refractivity contribution in [3.05, 3.63) is 237 Å². The van der Waals surface area contributed by atoms with Gasteiger partial charge in [0.25, 0.3) is 0 Å². The molecule has 0 saturated carbocycles. The van der Waals surface area contributed by atoms with Crippen LogP contribution < -0.4 is 0 Å². The van der Waals surface area contributed by atoms with Crippen LogP contribution in [0.15, 0.2) is 237 Å². The summed E-state index contributed by atoms with van der Waals surface area (Å²) in [7, 11) is 0. The largest absolute Gasteiger partial charge is 0.309 e. The first-order valence-electron chi connectivity index (χ1n) is 22.2. The summed E-state index contributed by atoms with van der Waals surface area (Å²) in [5, 5.41) is 9.63. The molecule has 2 aromatic heterocycles. The van der Waals surface area contributed by atoms with Gasteiger partial charge in [0.1, 0.15) is 0 Å². The van der Waals surface area contributed by atoms with E-state index in [0.29, 0.717) is 0 Å². The minimum atomic E-state index is 0.858. The lowest BCUT2D eigenvalue weighted by atomic mass is 9.97. The van der Waals surface area contributed by atoms with E-state index in [4.69, 9.17) is 9.97 Å². The van der Waals surface area contributed by atoms with Crippen LogP contribution in [-0.4, -0.2) is 14.5 Å². The lowest BCUT2D eigenvalue weighted by molar-refractivity contribution is 1.18. The smallest absolute Gasteiger partial charge is 0.0979 e. The van der Waals surface area contributed by atoms with Gasteiger partial charge in [-0.15, -0.1) is 0 Å². The number of nitrogens with zero attached hydrogens (tertiary/aromatic N) is 3. The van der Waals surface area contributed by atoms with Gasteiger partial charge in [0.2, 0.25) is 0 Å². The molecule has 0 spiro atoms. The lowest BCUT2D eigenvalue weighted by Gasteiger charge is -2.12. The Kier molecular flexibility index (Phi) is 8.53. The van der Waals surface area contributed by atoms with Crippen LogP contribution in [0.1, 0.15) is 0 Å². The fourth-order valence-corrected chi connectivity index (χ4v) is 9.98. The van der Waals surface area contributed by atoms with E-state index >= 15 is 0 Å². The molecule has 0 aliphatic heterocycles. The normalized spacial score (nSPS) is 11.7. The molecule has 0 saturated heterocycles. The first-order valence-corrected chi connectivity index (χ1v) is 22.2. The zero-order chi connectivity index (χ0) is 42.8. The van der Waals surface area contributed by atoms with Crippen molar-refractivity contribution in [1.82, 2.24) is 14.5 Å². The number of hydrogen-bond donors (Lipinski definition) is 0. The third kappa shape index (κ3) is 6.28. The van der Waals surface area contributed by atoms with Crippen molar-refractivity contribution < 1.29 is 0 Å². The topological polar surface area (TPSA) is 30.7 Å². The Labute approximate surface area is 376 Å². The Morgan fingerprint density at radius 1 is 0.277 bits per heavy atom. The zero-order valence-electron chi connectivity index (χ0n) is 35.4. The van der Waals surface area contributed by atoms with Crippen molar-refractivity contribution in [2.24, 2.45) is 0 Å². The van der Waals surface area contributed by atoms with Crippen LogP contribution in [-0.2, 0) is 0 Å². The molecule has 11 aromatic carbocycles. The van der Waals surface area contributed by atoms with Crippen molar-refractivity contribution >= 4 is 65.2 Å². The van der Waals surface area contributed by atoms with Gasteiger partial charge in [0.05, 0.1) is 34.0 Å². The van der Waals surface area contributed by atoms with Gasteiger partial charge in [-0.3, -0.25) is 4.98 Å². The van der Waals surface area contributed by atoms with Crippen LogP contribution >= 0.6 is 0 Å². The van der Waals surface area contributed by atoms with Crippen molar-refractivity contribution in [3.63, 3.8) is 0 Å². The zero-order valence-corrected chi connectivity index (χ0v) is 35.4. The van der Waals surface area contributed by atoms with E-state index in [2.05, 4.69) is 235 Å². The van der Waals surface area contributed by atoms with Gasteiger partial charge < -0.3 is 4.57 Å². The summed E-state index contributed by atoms with van der Waals surface area (Å²) >= 11 is 0. The number of para-hydroxylation sites is 1. The highest BCUT2D eigenvalue weighted by Crippen LogP contribution is 2.38. The van der Waals surface area contributed by atoms with E-state index in [1.54, 1.807) is 0 Å². The molecular weight excluding hydrogens is 787 g/mol. The molecule has 0 unspecified atom stereocenters. The number of hydrogen-bond acceptors (Lipinski definition) is 2. The quantitative estimate of drug-likeness (QED) is 0.156. The van der Waals surface area contributed by atoms with E-state index in [1.807, 2.05) is 6.20 Å². The summed E-state index contributed by atoms with van der Waals surface area (Å²) in [6.07, 6.45) is 1.92. The maximum absolute atomic E-state index is 5.28. The van der Waals surface area contributed by atoms with E-state index in [1.165, 1.54) is 65.6 Å². The van der Waals surface area contributed by atoms with Crippen LogP contribution in [0.2, 0.25) is 0 Å². The van der Waals surface area contributed by atoms with Gasteiger partial charge in [-0.25, -0.2) is 4.98 Å². The monoisotopic (exact) mass is 825 g/mol. The predicted molar refractivity (Wildman–Crippen MR) is 274 cm³/mol. The Hall–Kier alpha value is -8.66. The van der Waals surface area contributed by atoms with Crippen LogP contribution in [0.3, 0.4) is 0 Å². The highest BCUT2D eigenvalue weighted by Gasteiger charge is 2.16. The molecule has 0 atom stereocenters. The molecule has 0 amide bonds. The van der Waals surface area contributed by atoms with Gasteiger partial charge in [-0.1, -0.05) is 182 Å². The second-order valence-corrected chi connectivity index (χ2v) is 17.0. The Morgan fingerprint density at radius 2 is 0.769 bits per heavy atom. The molecule has 0 aliphatic rings. The molecule has 13 aromatic rings. The van der Waals surface area contributed by atoms with Crippen molar-refractivity contribution in [2.75, 3.05) is 0 Å². The summed E-state index contributed by atoms with van der Waals surface area (Å²) in [5.74, 6) is 0. The summed E-state index contributed by atoms with van der Waals surface area (Å²) in [5.41, 5.74) is 16.7. The summed E-state index contributed by atoms with van der Waals surface area (Å²) in [6, 6.07) is 83.4. The second-order valence-electron chi connectivity index (χ2n) is 17.0. The molecule has 0 N–H and O–H groups in total. The Balaban J connectivity index is 0.834. The Morgan fingerprint density at radius 3 is 1.49 bits per heavy atom. The van der Waals surface area contributed by atoms with Crippen molar-refractivity contribution in [2.45, 2.75) is 0 Å². The average Bonchev–Trinajstić information content (AvgIpc) is 3.72. The van der Waals surface area contributed by atoms with E-state index in [9.17, 15) is 0 Å². The summed E-state index contributed by atoms with van der Waals surface area (Å²) < 4.78 is 2.41. The lowest BCUT2D eigenvalue weighted by Crippen LogP contribution is -1.94. The van der Waals surface area contributed by atoms with Gasteiger partial charge in [-0.2, -0.15) is 0 Å². The number of benzene rings is 11. The van der Waals surface area contributed by atoms with Crippen LogP contribution in [0.25, 0.3) is 127 Å². The fraction of sp³-hybridized carbons (Fsp3) is 0. The molecule has 2 heterocycles. The number of rotatable bonds is 6. The molecule has 0 fully saturated rings. The van der Waals surface area contributed by atoms with Gasteiger partial charge >= 0.3 is 0 Å². The van der Waals surface area contributed by atoms with Crippen molar-refractivity contribution in [1.29, 1.82) is 0 Å².